The number of primary sulfonamides is 1. The van der Waals surface area contributed by atoms with Gasteiger partial charge < -0.3 is 14.4 Å². The van der Waals surface area contributed by atoms with Gasteiger partial charge >= 0.3 is 5.97 Å². The molecule has 0 spiro atoms. The fourth-order valence-corrected chi connectivity index (χ4v) is 3.82. The summed E-state index contributed by atoms with van der Waals surface area (Å²) in [6, 6.07) is 11.2. The Labute approximate surface area is 169 Å². The maximum Gasteiger partial charge on any atom is 0.342 e. The van der Waals surface area contributed by atoms with Gasteiger partial charge in [-0.15, -0.1) is 0 Å². The van der Waals surface area contributed by atoms with Crippen LogP contribution in [-0.4, -0.2) is 40.1 Å². The van der Waals surface area contributed by atoms with Gasteiger partial charge in [0, 0.05) is 12.2 Å². The Balaban J connectivity index is 1.82. The fourth-order valence-electron chi connectivity index (χ4n) is 3.28. The van der Waals surface area contributed by atoms with Crippen molar-refractivity contribution in [2.24, 2.45) is 5.14 Å². The van der Waals surface area contributed by atoms with Crippen molar-refractivity contribution in [3.63, 3.8) is 0 Å². The number of benzene rings is 2. The molecule has 8 nitrogen and oxygen atoms in total. The van der Waals surface area contributed by atoms with Gasteiger partial charge in [0.2, 0.25) is 10.0 Å². The molecule has 1 heterocycles. The third kappa shape index (κ3) is 4.41. The molecule has 0 aliphatic carbocycles. The second-order valence-electron chi connectivity index (χ2n) is 6.68. The van der Waals surface area contributed by atoms with Gasteiger partial charge in [0.15, 0.2) is 6.10 Å². The molecule has 0 aromatic heterocycles. The lowest BCUT2D eigenvalue weighted by Gasteiger charge is -2.31. The Morgan fingerprint density at radius 3 is 2.59 bits per heavy atom. The number of sulfonamides is 1. The lowest BCUT2D eigenvalue weighted by molar-refractivity contribution is -0.126. The van der Waals surface area contributed by atoms with Gasteiger partial charge in [0.1, 0.15) is 11.3 Å². The molecular weight excluding hydrogens is 396 g/mol. The number of carbonyl (C=O) groups is 2. The van der Waals surface area contributed by atoms with E-state index in [1.165, 1.54) is 26.2 Å². The molecule has 1 aliphatic rings. The van der Waals surface area contributed by atoms with Gasteiger partial charge in [0.05, 0.1) is 12.0 Å². The molecule has 2 aromatic rings. The molecule has 1 atom stereocenters. The topological polar surface area (TPSA) is 116 Å². The standard InChI is InChI=1S/C20H22N2O6S/c1-13(19(23)22-11-5-7-14-6-3-4-8-17(14)22)28-20(24)16-12-15(29(21,25)26)9-10-18(16)27-2/h3-4,6,8-10,12-13H,5,7,11H2,1-2H3,(H2,21,25,26). The van der Waals surface area contributed by atoms with Crippen molar-refractivity contribution in [3.8, 4) is 5.75 Å². The van der Waals surface area contributed by atoms with E-state index in [4.69, 9.17) is 14.6 Å². The van der Waals surface area contributed by atoms with Crippen LogP contribution in [-0.2, 0) is 26.0 Å². The number of anilines is 1. The number of aryl methyl sites for hydroxylation is 1. The largest absolute Gasteiger partial charge is 0.496 e. The quantitative estimate of drug-likeness (QED) is 0.741. The minimum Gasteiger partial charge on any atom is -0.496 e. The van der Waals surface area contributed by atoms with E-state index in [0.29, 0.717) is 6.54 Å². The number of ether oxygens (including phenoxy) is 2. The molecule has 1 amide bonds. The molecule has 0 saturated carbocycles. The number of hydrogen-bond acceptors (Lipinski definition) is 6. The Morgan fingerprint density at radius 1 is 1.17 bits per heavy atom. The van der Waals surface area contributed by atoms with E-state index in [-0.39, 0.29) is 22.1 Å². The number of nitrogens with zero attached hydrogens (tertiary/aromatic N) is 1. The average Bonchev–Trinajstić information content (AvgIpc) is 2.71. The maximum atomic E-state index is 12.9. The Kier molecular flexibility index (Phi) is 5.90. The number of methoxy groups -OCH3 is 1. The highest BCUT2D eigenvalue weighted by Gasteiger charge is 2.29. The molecular formula is C20H22N2O6S. The summed E-state index contributed by atoms with van der Waals surface area (Å²) in [4.78, 5) is 26.9. The van der Waals surface area contributed by atoms with Crippen molar-refractivity contribution in [1.82, 2.24) is 0 Å². The second-order valence-corrected chi connectivity index (χ2v) is 8.24. The molecule has 9 heteroatoms. The molecule has 2 N–H and O–H groups in total. The van der Waals surface area contributed by atoms with E-state index in [0.717, 1.165) is 30.2 Å². The Bertz CT molecular complexity index is 1050. The predicted octanol–water partition coefficient (Wildman–Crippen LogP) is 1.87. The van der Waals surface area contributed by atoms with Crippen LogP contribution >= 0.6 is 0 Å². The van der Waals surface area contributed by atoms with Crippen LogP contribution in [0.5, 0.6) is 5.75 Å². The van der Waals surface area contributed by atoms with Crippen LogP contribution in [0.15, 0.2) is 47.4 Å². The predicted molar refractivity (Wildman–Crippen MR) is 106 cm³/mol. The molecule has 0 radical (unpaired) electrons. The summed E-state index contributed by atoms with van der Waals surface area (Å²) in [6.45, 7) is 2.01. The van der Waals surface area contributed by atoms with Crippen LogP contribution in [0.25, 0.3) is 0 Å². The van der Waals surface area contributed by atoms with E-state index in [1.807, 2.05) is 24.3 Å². The fraction of sp³-hybridized carbons (Fsp3) is 0.300. The smallest absolute Gasteiger partial charge is 0.342 e. The Hall–Kier alpha value is -2.91. The van der Waals surface area contributed by atoms with E-state index >= 15 is 0 Å². The minimum atomic E-state index is -4.02. The minimum absolute atomic E-state index is 0.116. The molecule has 3 rings (SSSR count). The normalized spacial score (nSPS) is 14.7. The lowest BCUT2D eigenvalue weighted by Crippen LogP contribution is -2.42. The van der Waals surface area contributed by atoms with Gasteiger partial charge in [-0.05, 0) is 49.6 Å². The third-order valence-electron chi connectivity index (χ3n) is 4.73. The first-order valence-electron chi connectivity index (χ1n) is 9.03. The Morgan fingerprint density at radius 2 is 1.90 bits per heavy atom. The zero-order valence-corrected chi connectivity index (χ0v) is 16.9. The van der Waals surface area contributed by atoms with Crippen molar-refractivity contribution in [1.29, 1.82) is 0 Å². The second kappa shape index (κ2) is 8.22. The van der Waals surface area contributed by atoms with Crippen LogP contribution < -0.4 is 14.8 Å². The van der Waals surface area contributed by atoms with Gasteiger partial charge in [-0.25, -0.2) is 18.4 Å². The summed E-state index contributed by atoms with van der Waals surface area (Å²) >= 11 is 0. The van der Waals surface area contributed by atoms with Crippen LogP contribution in [0.1, 0.15) is 29.3 Å². The zero-order chi connectivity index (χ0) is 21.2. The van der Waals surface area contributed by atoms with Crippen molar-refractivity contribution in [3.05, 3.63) is 53.6 Å². The van der Waals surface area contributed by atoms with Crippen LogP contribution in [0.4, 0.5) is 5.69 Å². The molecule has 29 heavy (non-hydrogen) atoms. The van der Waals surface area contributed by atoms with Crippen LogP contribution in [0.2, 0.25) is 0 Å². The number of para-hydroxylation sites is 1. The monoisotopic (exact) mass is 418 g/mol. The van der Waals surface area contributed by atoms with E-state index in [2.05, 4.69) is 0 Å². The van der Waals surface area contributed by atoms with E-state index in [1.54, 1.807) is 4.90 Å². The number of nitrogens with two attached hydrogens (primary N) is 1. The van der Waals surface area contributed by atoms with Gasteiger partial charge in [0.25, 0.3) is 5.91 Å². The molecule has 0 saturated heterocycles. The molecule has 1 aliphatic heterocycles. The number of amides is 1. The summed E-state index contributed by atoms with van der Waals surface area (Å²) in [7, 11) is -2.68. The molecule has 154 valence electrons. The first-order chi connectivity index (χ1) is 13.7. The highest BCUT2D eigenvalue weighted by atomic mass is 32.2. The highest BCUT2D eigenvalue weighted by Crippen LogP contribution is 2.28. The van der Waals surface area contributed by atoms with Crippen LogP contribution in [0, 0.1) is 0 Å². The highest BCUT2D eigenvalue weighted by molar-refractivity contribution is 7.89. The molecule has 2 aromatic carbocycles. The van der Waals surface area contributed by atoms with Gasteiger partial charge in [-0.1, -0.05) is 18.2 Å². The van der Waals surface area contributed by atoms with Crippen molar-refractivity contribution in [2.45, 2.75) is 30.8 Å². The van der Waals surface area contributed by atoms with Crippen molar-refractivity contribution >= 4 is 27.6 Å². The van der Waals surface area contributed by atoms with Crippen molar-refractivity contribution in [2.75, 3.05) is 18.6 Å². The van der Waals surface area contributed by atoms with E-state index < -0.39 is 22.1 Å². The average molecular weight is 418 g/mol. The third-order valence-corrected chi connectivity index (χ3v) is 5.64. The van der Waals surface area contributed by atoms with E-state index in [9.17, 15) is 18.0 Å². The first-order valence-corrected chi connectivity index (χ1v) is 10.6. The van der Waals surface area contributed by atoms with Crippen LogP contribution in [0.3, 0.4) is 0 Å². The zero-order valence-electron chi connectivity index (χ0n) is 16.1. The van der Waals surface area contributed by atoms with Gasteiger partial charge in [-0.3, -0.25) is 4.79 Å². The lowest BCUT2D eigenvalue weighted by atomic mass is 10.0. The van der Waals surface area contributed by atoms with Gasteiger partial charge in [-0.2, -0.15) is 0 Å². The molecule has 0 bridgehead atoms. The summed E-state index contributed by atoms with van der Waals surface area (Å²) in [5.41, 5.74) is 1.74. The summed E-state index contributed by atoms with van der Waals surface area (Å²) in [5.74, 6) is -1.11. The number of carbonyl (C=O) groups excluding carboxylic acids is 2. The van der Waals surface area contributed by atoms with Crippen molar-refractivity contribution < 1.29 is 27.5 Å². The number of hydrogen-bond donors (Lipinski definition) is 1. The first kappa shape index (κ1) is 20.8. The number of rotatable bonds is 5. The SMILES string of the molecule is COc1ccc(S(N)(=O)=O)cc1C(=O)OC(C)C(=O)N1CCCc2ccccc21. The summed E-state index contributed by atoms with van der Waals surface area (Å²) < 4.78 is 33.6. The summed E-state index contributed by atoms with van der Waals surface area (Å²) in [5, 5.41) is 5.13. The molecule has 1 unspecified atom stereocenters. The molecule has 0 fully saturated rings. The number of esters is 1. The maximum absolute atomic E-state index is 12.9. The number of fused-ring (bicyclic) bond motifs is 1. The summed E-state index contributed by atoms with van der Waals surface area (Å²) in [6.07, 6.45) is 0.621.